The molecule has 1 atom stereocenters. The van der Waals surface area contributed by atoms with E-state index >= 15 is 0 Å². The standard InChI is InChI=1S/C15H17NO3S/c1-10-9-20-15(16-10)12-4-6-13(7-5-12)19-11(2)3-8-14(17)18/h4-7,9,11H,3,8H2,1-2H3,(H,17,18). The van der Waals surface area contributed by atoms with Gasteiger partial charge in [-0.3, -0.25) is 4.79 Å². The first-order valence-corrected chi connectivity index (χ1v) is 7.33. The van der Waals surface area contributed by atoms with E-state index in [1.54, 1.807) is 11.3 Å². The zero-order valence-corrected chi connectivity index (χ0v) is 12.3. The van der Waals surface area contributed by atoms with Crippen LogP contribution >= 0.6 is 11.3 Å². The smallest absolute Gasteiger partial charge is 0.303 e. The molecule has 0 saturated heterocycles. The first kappa shape index (κ1) is 14.5. The molecule has 0 bridgehead atoms. The number of hydrogen-bond donors (Lipinski definition) is 1. The first-order chi connectivity index (χ1) is 9.54. The molecule has 2 aromatic rings. The molecule has 5 heteroatoms. The van der Waals surface area contributed by atoms with Crippen molar-refractivity contribution in [1.82, 2.24) is 4.98 Å². The van der Waals surface area contributed by atoms with Gasteiger partial charge >= 0.3 is 5.97 Å². The molecule has 0 spiro atoms. The minimum absolute atomic E-state index is 0.112. The Hall–Kier alpha value is -1.88. The monoisotopic (exact) mass is 291 g/mol. The molecular weight excluding hydrogens is 274 g/mol. The Morgan fingerprint density at radius 2 is 2.10 bits per heavy atom. The third-order valence-electron chi connectivity index (χ3n) is 2.82. The SMILES string of the molecule is Cc1csc(-c2ccc(OC(C)CCC(=O)O)cc2)n1. The van der Waals surface area contributed by atoms with Crippen LogP contribution in [-0.2, 0) is 4.79 Å². The lowest BCUT2D eigenvalue weighted by Gasteiger charge is -2.13. The average molecular weight is 291 g/mol. The maximum atomic E-state index is 10.5. The van der Waals surface area contributed by atoms with Crippen LogP contribution in [0.25, 0.3) is 10.6 Å². The summed E-state index contributed by atoms with van der Waals surface area (Å²) in [4.78, 5) is 14.9. The lowest BCUT2D eigenvalue weighted by atomic mass is 10.2. The number of rotatable bonds is 6. The van der Waals surface area contributed by atoms with Crippen molar-refractivity contribution in [3.63, 3.8) is 0 Å². The number of aromatic nitrogens is 1. The fourth-order valence-corrected chi connectivity index (χ4v) is 2.58. The number of aliphatic carboxylic acids is 1. The van der Waals surface area contributed by atoms with Crippen LogP contribution in [0.2, 0.25) is 0 Å². The molecule has 0 aliphatic rings. The van der Waals surface area contributed by atoms with Gasteiger partial charge in [-0.05, 0) is 44.5 Å². The first-order valence-electron chi connectivity index (χ1n) is 6.45. The van der Waals surface area contributed by atoms with Gasteiger partial charge in [-0.1, -0.05) is 0 Å². The minimum Gasteiger partial charge on any atom is -0.491 e. The number of nitrogens with zero attached hydrogens (tertiary/aromatic N) is 1. The van der Waals surface area contributed by atoms with Gasteiger partial charge in [-0.25, -0.2) is 4.98 Å². The summed E-state index contributed by atoms with van der Waals surface area (Å²) in [5.74, 6) is -0.0464. The Morgan fingerprint density at radius 1 is 1.40 bits per heavy atom. The highest BCUT2D eigenvalue weighted by molar-refractivity contribution is 7.13. The summed E-state index contributed by atoms with van der Waals surface area (Å²) in [6.45, 7) is 3.85. The van der Waals surface area contributed by atoms with Gasteiger partial charge in [0, 0.05) is 23.1 Å². The number of hydrogen-bond acceptors (Lipinski definition) is 4. The van der Waals surface area contributed by atoms with Crippen molar-refractivity contribution in [1.29, 1.82) is 0 Å². The molecule has 4 nitrogen and oxygen atoms in total. The van der Waals surface area contributed by atoms with Crippen LogP contribution in [0.5, 0.6) is 5.75 Å². The van der Waals surface area contributed by atoms with Gasteiger partial charge in [-0.2, -0.15) is 0 Å². The van der Waals surface area contributed by atoms with E-state index in [9.17, 15) is 4.79 Å². The van der Waals surface area contributed by atoms with Gasteiger partial charge in [0.15, 0.2) is 0 Å². The topological polar surface area (TPSA) is 59.4 Å². The largest absolute Gasteiger partial charge is 0.491 e. The number of ether oxygens (including phenoxy) is 1. The van der Waals surface area contributed by atoms with E-state index in [4.69, 9.17) is 9.84 Å². The van der Waals surface area contributed by atoms with Crippen LogP contribution < -0.4 is 4.74 Å². The molecule has 1 unspecified atom stereocenters. The molecule has 0 radical (unpaired) electrons. The van der Waals surface area contributed by atoms with Crippen LogP contribution in [0.4, 0.5) is 0 Å². The summed E-state index contributed by atoms with van der Waals surface area (Å²) in [6.07, 6.45) is 0.513. The van der Waals surface area contributed by atoms with Crippen molar-refractivity contribution in [2.75, 3.05) is 0 Å². The third kappa shape index (κ3) is 4.06. The molecule has 1 aromatic carbocycles. The highest BCUT2D eigenvalue weighted by atomic mass is 32.1. The van der Waals surface area contributed by atoms with E-state index in [0.29, 0.717) is 6.42 Å². The lowest BCUT2D eigenvalue weighted by Crippen LogP contribution is -2.13. The van der Waals surface area contributed by atoms with Crippen molar-refractivity contribution in [2.24, 2.45) is 0 Å². The number of aryl methyl sites for hydroxylation is 1. The molecule has 1 N–H and O–H groups in total. The Morgan fingerprint density at radius 3 is 2.65 bits per heavy atom. The summed E-state index contributed by atoms with van der Waals surface area (Å²) in [5.41, 5.74) is 2.08. The Kier molecular flexibility index (Phi) is 4.74. The van der Waals surface area contributed by atoms with E-state index in [0.717, 1.165) is 22.0 Å². The van der Waals surface area contributed by atoms with Gasteiger partial charge in [0.2, 0.25) is 0 Å². The molecule has 1 aromatic heterocycles. The number of carboxylic acids is 1. The Balaban J connectivity index is 1.96. The van der Waals surface area contributed by atoms with E-state index in [2.05, 4.69) is 4.98 Å². The van der Waals surface area contributed by atoms with Gasteiger partial charge in [0.05, 0.1) is 6.10 Å². The van der Waals surface area contributed by atoms with Crippen molar-refractivity contribution in [2.45, 2.75) is 32.8 Å². The number of carbonyl (C=O) groups is 1. The summed E-state index contributed by atoms with van der Waals surface area (Å²) >= 11 is 1.62. The van der Waals surface area contributed by atoms with Crippen LogP contribution in [0.15, 0.2) is 29.6 Å². The zero-order chi connectivity index (χ0) is 14.5. The second-order valence-electron chi connectivity index (χ2n) is 4.68. The summed E-state index contributed by atoms with van der Waals surface area (Å²) in [7, 11) is 0. The van der Waals surface area contributed by atoms with Gasteiger partial charge in [0.1, 0.15) is 10.8 Å². The van der Waals surface area contributed by atoms with Crippen LogP contribution in [0.1, 0.15) is 25.5 Å². The quantitative estimate of drug-likeness (QED) is 0.880. The molecule has 0 fully saturated rings. The number of carboxylic acid groups (broad SMARTS) is 1. The van der Waals surface area contributed by atoms with Crippen molar-refractivity contribution < 1.29 is 14.6 Å². The second-order valence-corrected chi connectivity index (χ2v) is 5.54. The highest BCUT2D eigenvalue weighted by Crippen LogP contribution is 2.26. The molecule has 0 amide bonds. The van der Waals surface area contributed by atoms with Crippen molar-refractivity contribution in [3.8, 4) is 16.3 Å². The Bertz CT molecular complexity index is 577. The van der Waals surface area contributed by atoms with Gasteiger partial charge in [0.25, 0.3) is 0 Å². The molecule has 20 heavy (non-hydrogen) atoms. The van der Waals surface area contributed by atoms with Crippen LogP contribution in [-0.4, -0.2) is 22.2 Å². The molecular formula is C15H17NO3S. The fourth-order valence-electron chi connectivity index (χ4n) is 1.78. The predicted octanol–water partition coefficient (Wildman–Crippen LogP) is 3.75. The summed E-state index contributed by atoms with van der Waals surface area (Å²) < 4.78 is 5.68. The van der Waals surface area contributed by atoms with Gasteiger partial charge in [-0.15, -0.1) is 11.3 Å². The average Bonchev–Trinajstić information content (AvgIpc) is 2.84. The zero-order valence-electron chi connectivity index (χ0n) is 11.5. The molecule has 1 heterocycles. The lowest BCUT2D eigenvalue weighted by molar-refractivity contribution is -0.137. The van der Waals surface area contributed by atoms with Crippen LogP contribution in [0, 0.1) is 6.92 Å². The molecule has 0 aliphatic carbocycles. The summed E-state index contributed by atoms with van der Waals surface area (Å²) in [6, 6.07) is 7.72. The van der Waals surface area contributed by atoms with E-state index in [1.165, 1.54) is 0 Å². The minimum atomic E-state index is -0.796. The van der Waals surface area contributed by atoms with Gasteiger partial charge < -0.3 is 9.84 Å². The highest BCUT2D eigenvalue weighted by Gasteiger charge is 2.08. The molecule has 0 aliphatic heterocycles. The molecule has 2 rings (SSSR count). The van der Waals surface area contributed by atoms with E-state index in [1.807, 2.05) is 43.5 Å². The molecule has 0 saturated carbocycles. The normalized spacial score (nSPS) is 12.1. The number of thiazole rings is 1. The van der Waals surface area contributed by atoms with E-state index in [-0.39, 0.29) is 12.5 Å². The second kappa shape index (κ2) is 6.52. The van der Waals surface area contributed by atoms with E-state index < -0.39 is 5.97 Å². The van der Waals surface area contributed by atoms with Crippen LogP contribution in [0.3, 0.4) is 0 Å². The maximum absolute atomic E-state index is 10.5. The van der Waals surface area contributed by atoms with Crippen molar-refractivity contribution in [3.05, 3.63) is 35.3 Å². The third-order valence-corrected chi connectivity index (χ3v) is 3.83. The fraction of sp³-hybridized carbons (Fsp3) is 0.333. The summed E-state index contributed by atoms with van der Waals surface area (Å²) in [5, 5.41) is 11.6. The predicted molar refractivity (Wildman–Crippen MR) is 79.2 cm³/mol. The Labute approximate surface area is 122 Å². The number of benzene rings is 1. The van der Waals surface area contributed by atoms with Crippen molar-refractivity contribution >= 4 is 17.3 Å². The molecule has 106 valence electrons. The maximum Gasteiger partial charge on any atom is 0.303 e.